The molecule has 0 saturated carbocycles. The Morgan fingerprint density at radius 3 is 2.28 bits per heavy atom. The molecule has 0 aromatic heterocycles. The molecular weight excluding hydrogens is 308 g/mol. The van der Waals surface area contributed by atoms with Crippen molar-refractivity contribution in [3.63, 3.8) is 0 Å². The molecule has 0 aliphatic heterocycles. The van der Waals surface area contributed by atoms with Crippen LogP contribution in [0.5, 0.6) is 0 Å². The van der Waals surface area contributed by atoms with Gasteiger partial charge in [-0.1, -0.05) is 62.4 Å². The van der Waals surface area contributed by atoms with Gasteiger partial charge in [0.05, 0.1) is 0 Å². The van der Waals surface area contributed by atoms with E-state index in [1.165, 1.54) is 33.4 Å². The van der Waals surface area contributed by atoms with Crippen molar-refractivity contribution in [3.8, 4) is 0 Å². The number of aliphatic carboxylic acids is 1. The van der Waals surface area contributed by atoms with Crippen molar-refractivity contribution in [2.45, 2.75) is 39.5 Å². The molecule has 0 amide bonds. The van der Waals surface area contributed by atoms with Gasteiger partial charge >= 0.3 is 5.97 Å². The summed E-state index contributed by atoms with van der Waals surface area (Å²) < 4.78 is 0. The third-order valence-corrected chi connectivity index (χ3v) is 4.90. The lowest BCUT2D eigenvalue weighted by molar-refractivity contribution is -0.136. The van der Waals surface area contributed by atoms with Crippen LogP contribution in [0.2, 0.25) is 0 Å². The molecule has 1 N–H and O–H groups in total. The summed E-state index contributed by atoms with van der Waals surface area (Å²) in [5.41, 5.74) is 8.43. The zero-order chi connectivity index (χ0) is 18.0. The fourth-order valence-electron chi connectivity index (χ4n) is 3.43. The van der Waals surface area contributed by atoms with Crippen molar-refractivity contribution in [2.24, 2.45) is 0 Å². The Kier molecular flexibility index (Phi) is 4.89. The fourth-order valence-corrected chi connectivity index (χ4v) is 3.43. The number of fused-ring (bicyclic) bond motifs is 1. The Bertz CT molecular complexity index is 852. The Morgan fingerprint density at radius 2 is 1.68 bits per heavy atom. The van der Waals surface area contributed by atoms with Crippen molar-refractivity contribution in [1.82, 2.24) is 0 Å². The minimum absolute atomic E-state index is 0.164. The summed E-state index contributed by atoms with van der Waals surface area (Å²) in [6.07, 6.45) is 2.95. The lowest BCUT2D eigenvalue weighted by Gasteiger charge is -2.07. The summed E-state index contributed by atoms with van der Waals surface area (Å²) in [5.74, 6) is -0.224. The van der Waals surface area contributed by atoms with Crippen LogP contribution in [0.15, 0.2) is 54.1 Å². The first-order valence-electron chi connectivity index (χ1n) is 8.80. The van der Waals surface area contributed by atoms with Gasteiger partial charge in [0.2, 0.25) is 0 Å². The molecule has 0 saturated heterocycles. The molecule has 3 rings (SSSR count). The molecule has 2 nitrogen and oxygen atoms in total. The van der Waals surface area contributed by atoms with Gasteiger partial charge in [-0.15, -0.1) is 0 Å². The molecule has 1 aliphatic carbocycles. The van der Waals surface area contributed by atoms with Crippen LogP contribution in [0.1, 0.15) is 61.8 Å². The van der Waals surface area contributed by atoms with E-state index in [2.05, 4.69) is 63.2 Å². The summed E-state index contributed by atoms with van der Waals surface area (Å²) in [6.45, 7) is 6.50. The fraction of sp³-hybridized carbons (Fsp3) is 0.261. The molecule has 0 radical (unpaired) electrons. The summed E-state index contributed by atoms with van der Waals surface area (Å²) in [5, 5.41) is 9.04. The number of hydrogen-bond donors (Lipinski definition) is 1. The lowest BCUT2D eigenvalue weighted by Crippen LogP contribution is -1.95. The maximum Gasteiger partial charge on any atom is 0.303 e. The summed E-state index contributed by atoms with van der Waals surface area (Å²) in [6, 6.07) is 17.0. The topological polar surface area (TPSA) is 37.3 Å². The number of rotatable bonds is 5. The average molecular weight is 332 g/mol. The van der Waals surface area contributed by atoms with E-state index in [1.807, 2.05) is 12.1 Å². The quantitative estimate of drug-likeness (QED) is 0.729. The van der Waals surface area contributed by atoms with E-state index in [1.54, 1.807) is 0 Å². The molecule has 0 heterocycles. The zero-order valence-corrected chi connectivity index (χ0v) is 15.0. The largest absolute Gasteiger partial charge is 0.481 e. The summed E-state index contributed by atoms with van der Waals surface area (Å²) in [7, 11) is 0. The van der Waals surface area contributed by atoms with Crippen molar-refractivity contribution in [1.29, 1.82) is 0 Å². The van der Waals surface area contributed by atoms with Crippen LogP contribution >= 0.6 is 0 Å². The van der Waals surface area contributed by atoms with Gasteiger partial charge in [-0.3, -0.25) is 4.79 Å². The lowest BCUT2D eigenvalue weighted by atomic mass is 9.98. The normalized spacial score (nSPS) is 15.1. The maximum atomic E-state index is 11.0. The van der Waals surface area contributed by atoms with Crippen molar-refractivity contribution in [2.75, 3.05) is 0 Å². The minimum atomic E-state index is -0.750. The van der Waals surface area contributed by atoms with E-state index >= 15 is 0 Å². The number of allylic oxidation sites excluding steroid dienone is 3. The molecule has 2 aromatic rings. The first-order valence-corrected chi connectivity index (χ1v) is 8.80. The van der Waals surface area contributed by atoms with Crippen molar-refractivity contribution in [3.05, 3.63) is 76.4 Å². The van der Waals surface area contributed by atoms with Gasteiger partial charge < -0.3 is 5.11 Å². The second-order valence-corrected chi connectivity index (χ2v) is 6.92. The number of benzene rings is 2. The van der Waals surface area contributed by atoms with Gasteiger partial charge in [0, 0.05) is 6.42 Å². The van der Waals surface area contributed by atoms with Gasteiger partial charge in [-0.25, -0.2) is 0 Å². The van der Waals surface area contributed by atoms with E-state index in [4.69, 9.17) is 5.11 Å². The first kappa shape index (κ1) is 17.2. The minimum Gasteiger partial charge on any atom is -0.481 e. The molecule has 2 aromatic carbocycles. The monoisotopic (exact) mass is 332 g/mol. The van der Waals surface area contributed by atoms with E-state index in [-0.39, 0.29) is 6.42 Å². The molecule has 0 bridgehead atoms. The zero-order valence-electron chi connectivity index (χ0n) is 15.0. The van der Waals surface area contributed by atoms with Crippen LogP contribution < -0.4 is 0 Å². The van der Waals surface area contributed by atoms with E-state index < -0.39 is 5.97 Å². The molecule has 0 fully saturated rings. The van der Waals surface area contributed by atoms with E-state index in [9.17, 15) is 4.79 Å². The molecule has 25 heavy (non-hydrogen) atoms. The Balaban J connectivity index is 2.01. The van der Waals surface area contributed by atoms with Crippen LogP contribution in [0.25, 0.3) is 17.2 Å². The van der Waals surface area contributed by atoms with Gasteiger partial charge in [0.1, 0.15) is 0 Å². The highest BCUT2D eigenvalue weighted by Gasteiger charge is 2.23. The second kappa shape index (κ2) is 7.10. The SMILES string of the molecule is CC1=C(CCC(=O)O)c2ccccc2/C1=C\c1ccc(C(C)C)cc1. The average Bonchev–Trinajstić information content (AvgIpc) is 2.85. The Labute approximate surface area is 149 Å². The molecule has 0 spiro atoms. The third kappa shape index (κ3) is 3.58. The standard InChI is InChI=1S/C23H24O2/c1-15(2)18-10-8-17(9-11-18)14-22-16(3)19(12-13-23(24)25)20-6-4-5-7-21(20)22/h4-11,14-15H,12-13H2,1-3H3,(H,24,25)/b22-14-. The number of hydrogen-bond acceptors (Lipinski definition) is 1. The van der Waals surface area contributed by atoms with Gasteiger partial charge in [0.25, 0.3) is 0 Å². The molecule has 1 aliphatic rings. The molecule has 0 atom stereocenters. The van der Waals surface area contributed by atoms with Crippen LogP contribution in [-0.4, -0.2) is 11.1 Å². The van der Waals surface area contributed by atoms with Crippen molar-refractivity contribution >= 4 is 23.2 Å². The van der Waals surface area contributed by atoms with Crippen LogP contribution in [-0.2, 0) is 4.79 Å². The smallest absolute Gasteiger partial charge is 0.303 e. The molecule has 2 heteroatoms. The van der Waals surface area contributed by atoms with Gasteiger partial charge in [0.15, 0.2) is 0 Å². The molecular formula is C23H24O2. The first-order chi connectivity index (χ1) is 12.0. The Morgan fingerprint density at radius 1 is 1.04 bits per heavy atom. The number of carboxylic acids is 1. The van der Waals surface area contributed by atoms with Crippen molar-refractivity contribution < 1.29 is 9.90 Å². The molecule has 0 unspecified atom stereocenters. The van der Waals surface area contributed by atoms with E-state index in [0.717, 1.165) is 5.57 Å². The summed E-state index contributed by atoms with van der Waals surface area (Å²) >= 11 is 0. The van der Waals surface area contributed by atoms with E-state index in [0.29, 0.717) is 12.3 Å². The highest BCUT2D eigenvalue weighted by atomic mass is 16.4. The maximum absolute atomic E-state index is 11.0. The third-order valence-electron chi connectivity index (χ3n) is 4.90. The number of carbonyl (C=O) groups is 1. The Hall–Kier alpha value is -2.61. The predicted molar refractivity (Wildman–Crippen MR) is 104 cm³/mol. The second-order valence-electron chi connectivity index (χ2n) is 6.92. The molecule has 128 valence electrons. The van der Waals surface area contributed by atoms with Gasteiger partial charge in [-0.2, -0.15) is 0 Å². The number of carboxylic acid groups (broad SMARTS) is 1. The van der Waals surface area contributed by atoms with Crippen LogP contribution in [0.4, 0.5) is 0 Å². The highest BCUT2D eigenvalue weighted by molar-refractivity contribution is 6.05. The highest BCUT2D eigenvalue weighted by Crippen LogP contribution is 2.43. The van der Waals surface area contributed by atoms with Crippen LogP contribution in [0.3, 0.4) is 0 Å². The van der Waals surface area contributed by atoms with Crippen LogP contribution in [0, 0.1) is 0 Å². The van der Waals surface area contributed by atoms with Gasteiger partial charge in [-0.05, 0) is 64.3 Å². The predicted octanol–water partition coefficient (Wildman–Crippen LogP) is 6.00. The summed E-state index contributed by atoms with van der Waals surface area (Å²) in [4.78, 5) is 11.0.